The zero-order valence-electron chi connectivity index (χ0n) is 13.7. The molecule has 2 aromatic carbocycles. The fraction of sp³-hybridized carbons (Fsp3) is 0.278. The molecule has 0 spiro atoms. The number of benzene rings is 2. The molecule has 0 aliphatic heterocycles. The van der Waals surface area contributed by atoms with Crippen molar-refractivity contribution in [2.24, 2.45) is 5.92 Å². The molecule has 0 saturated heterocycles. The maximum atomic E-state index is 12.6. The number of anilines is 2. The van der Waals surface area contributed by atoms with E-state index in [-0.39, 0.29) is 16.7 Å². The van der Waals surface area contributed by atoms with Crippen LogP contribution >= 0.6 is 0 Å². The van der Waals surface area contributed by atoms with Gasteiger partial charge >= 0.3 is 0 Å². The summed E-state index contributed by atoms with van der Waals surface area (Å²) < 4.78 is 27.7. The van der Waals surface area contributed by atoms with Crippen LogP contribution in [0.3, 0.4) is 0 Å². The lowest BCUT2D eigenvalue weighted by molar-refractivity contribution is -0.117. The summed E-state index contributed by atoms with van der Waals surface area (Å²) in [5, 5.41) is 2.81. The fourth-order valence-electron chi connectivity index (χ4n) is 2.56. The van der Waals surface area contributed by atoms with E-state index in [1.807, 2.05) is 13.0 Å². The Bertz CT molecular complexity index is 887. The van der Waals surface area contributed by atoms with Crippen LogP contribution < -0.4 is 10.0 Å². The molecule has 1 saturated carbocycles. The van der Waals surface area contributed by atoms with E-state index in [1.165, 1.54) is 0 Å². The number of nitrogens with one attached hydrogen (secondary N) is 2. The highest BCUT2D eigenvalue weighted by Crippen LogP contribution is 2.30. The smallest absolute Gasteiger partial charge is 0.262 e. The number of rotatable bonds is 5. The third kappa shape index (κ3) is 3.76. The molecule has 1 fully saturated rings. The summed E-state index contributed by atoms with van der Waals surface area (Å²) in [6.45, 7) is 3.69. The van der Waals surface area contributed by atoms with Gasteiger partial charge in [0.2, 0.25) is 5.91 Å². The lowest BCUT2D eigenvalue weighted by Gasteiger charge is -2.12. The molecule has 0 atom stereocenters. The monoisotopic (exact) mass is 344 g/mol. The van der Waals surface area contributed by atoms with E-state index in [4.69, 9.17) is 0 Å². The van der Waals surface area contributed by atoms with Gasteiger partial charge in [-0.3, -0.25) is 9.52 Å². The second-order valence-electron chi connectivity index (χ2n) is 6.22. The van der Waals surface area contributed by atoms with E-state index < -0.39 is 10.0 Å². The first-order valence-electron chi connectivity index (χ1n) is 7.86. The molecule has 1 amide bonds. The standard InChI is InChI=1S/C18H20N2O3S/c1-12-6-9-17(13(2)10-12)24(22,23)20-16-5-3-4-15(11-16)19-18(21)14-7-8-14/h3-6,9-11,14,20H,7-8H2,1-2H3,(H,19,21). The van der Waals surface area contributed by atoms with Crippen LogP contribution in [0.15, 0.2) is 47.4 Å². The Morgan fingerprint density at radius 2 is 1.75 bits per heavy atom. The van der Waals surface area contributed by atoms with Gasteiger partial charge in [-0.15, -0.1) is 0 Å². The van der Waals surface area contributed by atoms with Crippen molar-refractivity contribution >= 4 is 27.3 Å². The van der Waals surface area contributed by atoms with E-state index in [9.17, 15) is 13.2 Å². The minimum atomic E-state index is -3.67. The molecule has 1 aliphatic rings. The molecule has 0 radical (unpaired) electrons. The lowest BCUT2D eigenvalue weighted by Crippen LogP contribution is -2.16. The van der Waals surface area contributed by atoms with Gasteiger partial charge in [-0.25, -0.2) is 8.42 Å². The summed E-state index contributed by atoms with van der Waals surface area (Å²) in [5.41, 5.74) is 2.72. The van der Waals surface area contributed by atoms with Gasteiger partial charge in [-0.2, -0.15) is 0 Å². The van der Waals surface area contributed by atoms with Crippen LogP contribution in [-0.2, 0) is 14.8 Å². The molecule has 2 N–H and O–H groups in total. The Labute approximate surface area is 142 Å². The maximum Gasteiger partial charge on any atom is 0.262 e. The zero-order chi connectivity index (χ0) is 17.3. The van der Waals surface area contributed by atoms with Gasteiger partial charge in [0, 0.05) is 11.6 Å². The third-order valence-electron chi connectivity index (χ3n) is 3.95. The van der Waals surface area contributed by atoms with E-state index in [0.29, 0.717) is 16.9 Å². The molecule has 6 heteroatoms. The van der Waals surface area contributed by atoms with Crippen molar-refractivity contribution in [2.45, 2.75) is 31.6 Å². The molecule has 1 aliphatic carbocycles. The highest BCUT2D eigenvalue weighted by molar-refractivity contribution is 7.92. The van der Waals surface area contributed by atoms with Gasteiger partial charge in [0.15, 0.2) is 0 Å². The average molecular weight is 344 g/mol. The topological polar surface area (TPSA) is 75.3 Å². The number of carbonyl (C=O) groups is 1. The average Bonchev–Trinajstić information content (AvgIpc) is 3.31. The van der Waals surface area contributed by atoms with Crippen molar-refractivity contribution in [3.8, 4) is 0 Å². The van der Waals surface area contributed by atoms with Crippen LogP contribution in [0.2, 0.25) is 0 Å². The molecule has 2 aromatic rings. The molecular weight excluding hydrogens is 324 g/mol. The van der Waals surface area contributed by atoms with Crippen molar-refractivity contribution in [2.75, 3.05) is 10.0 Å². The van der Waals surface area contributed by atoms with Crippen molar-refractivity contribution < 1.29 is 13.2 Å². The summed E-state index contributed by atoms with van der Waals surface area (Å²) >= 11 is 0. The van der Waals surface area contributed by atoms with E-state index >= 15 is 0 Å². The van der Waals surface area contributed by atoms with Crippen molar-refractivity contribution in [1.29, 1.82) is 0 Å². The Balaban J connectivity index is 1.80. The first-order valence-corrected chi connectivity index (χ1v) is 9.34. The van der Waals surface area contributed by atoms with Gasteiger partial charge in [0.1, 0.15) is 0 Å². The molecule has 0 aromatic heterocycles. The number of aryl methyl sites for hydroxylation is 2. The number of hydrogen-bond acceptors (Lipinski definition) is 3. The van der Waals surface area contributed by atoms with Crippen LogP contribution in [0.4, 0.5) is 11.4 Å². The van der Waals surface area contributed by atoms with E-state index in [1.54, 1.807) is 43.3 Å². The van der Waals surface area contributed by atoms with Crippen LogP contribution in [0.1, 0.15) is 24.0 Å². The Kier molecular flexibility index (Phi) is 4.32. The molecular formula is C18H20N2O3S. The summed E-state index contributed by atoms with van der Waals surface area (Å²) in [5.74, 6) is 0.0879. The maximum absolute atomic E-state index is 12.6. The zero-order valence-corrected chi connectivity index (χ0v) is 14.5. The van der Waals surface area contributed by atoms with Gasteiger partial charge in [-0.05, 0) is 56.5 Å². The van der Waals surface area contributed by atoms with Crippen LogP contribution in [0.25, 0.3) is 0 Å². The molecule has 126 valence electrons. The summed E-state index contributed by atoms with van der Waals surface area (Å²) in [6.07, 6.45) is 1.84. The summed E-state index contributed by atoms with van der Waals surface area (Å²) in [6, 6.07) is 12.0. The minimum Gasteiger partial charge on any atom is -0.326 e. The fourth-order valence-corrected chi connectivity index (χ4v) is 3.84. The second-order valence-corrected chi connectivity index (χ2v) is 7.87. The number of amides is 1. The number of carbonyl (C=O) groups excluding carboxylic acids is 1. The van der Waals surface area contributed by atoms with Crippen LogP contribution in [0.5, 0.6) is 0 Å². The number of sulfonamides is 1. The van der Waals surface area contributed by atoms with Gasteiger partial charge in [0.25, 0.3) is 10.0 Å². The van der Waals surface area contributed by atoms with Crippen LogP contribution in [0, 0.1) is 19.8 Å². The summed E-state index contributed by atoms with van der Waals surface area (Å²) in [7, 11) is -3.67. The lowest BCUT2D eigenvalue weighted by atomic mass is 10.2. The first-order chi connectivity index (χ1) is 11.3. The van der Waals surface area contributed by atoms with Crippen LogP contribution in [-0.4, -0.2) is 14.3 Å². The molecule has 3 rings (SSSR count). The highest BCUT2D eigenvalue weighted by atomic mass is 32.2. The Morgan fingerprint density at radius 1 is 1.04 bits per heavy atom. The van der Waals surface area contributed by atoms with Gasteiger partial charge in [0.05, 0.1) is 10.6 Å². The van der Waals surface area contributed by atoms with E-state index in [2.05, 4.69) is 10.0 Å². The molecule has 5 nitrogen and oxygen atoms in total. The molecule has 0 unspecified atom stereocenters. The molecule has 0 heterocycles. The van der Waals surface area contributed by atoms with Crippen molar-refractivity contribution in [3.05, 3.63) is 53.6 Å². The molecule has 24 heavy (non-hydrogen) atoms. The predicted molar refractivity (Wildman–Crippen MR) is 94.5 cm³/mol. The minimum absolute atomic E-state index is 0.00983. The Morgan fingerprint density at radius 3 is 2.42 bits per heavy atom. The molecule has 0 bridgehead atoms. The van der Waals surface area contributed by atoms with Gasteiger partial charge < -0.3 is 5.32 Å². The second kappa shape index (κ2) is 6.28. The quantitative estimate of drug-likeness (QED) is 0.872. The SMILES string of the molecule is Cc1ccc(S(=O)(=O)Nc2cccc(NC(=O)C3CC3)c2)c(C)c1. The van der Waals surface area contributed by atoms with E-state index in [0.717, 1.165) is 18.4 Å². The van der Waals surface area contributed by atoms with Crippen molar-refractivity contribution in [1.82, 2.24) is 0 Å². The Hall–Kier alpha value is -2.34. The first kappa shape index (κ1) is 16.5. The normalized spacial score (nSPS) is 14.2. The summed E-state index contributed by atoms with van der Waals surface area (Å²) in [4.78, 5) is 12.1. The largest absolute Gasteiger partial charge is 0.326 e. The predicted octanol–water partition coefficient (Wildman–Crippen LogP) is 3.45. The van der Waals surface area contributed by atoms with Gasteiger partial charge in [-0.1, -0.05) is 23.8 Å². The third-order valence-corrected chi connectivity index (χ3v) is 5.49. The number of hydrogen-bond donors (Lipinski definition) is 2. The highest BCUT2D eigenvalue weighted by Gasteiger charge is 2.29. The van der Waals surface area contributed by atoms with Crippen molar-refractivity contribution in [3.63, 3.8) is 0 Å².